The molecule has 56 heavy (non-hydrogen) atoms. The second kappa shape index (κ2) is 19.1. The zero-order valence-electron chi connectivity index (χ0n) is 32.7. The van der Waals surface area contributed by atoms with Crippen molar-refractivity contribution in [3.8, 4) is 0 Å². The predicted molar refractivity (Wildman–Crippen MR) is 211 cm³/mol. The molecule has 2 N–H and O–H groups in total. The van der Waals surface area contributed by atoms with Crippen molar-refractivity contribution in [2.45, 2.75) is 81.0 Å². The minimum atomic E-state index is -0.758. The SMILES string of the molecule is CCn1nc(C(=O)OC(C)C)c(C(C)=O)c(Nc2cncc3ccccc23)c1=O.CCn1nc(C(=O)OCCC(C)C)c(C(C)=O)c(Nc2cccnc2)c1=O. The van der Waals surface area contributed by atoms with Crippen molar-refractivity contribution in [2.24, 2.45) is 5.92 Å². The van der Waals surface area contributed by atoms with Crippen LogP contribution in [0.3, 0.4) is 0 Å². The quantitative estimate of drug-likeness (QED) is 0.0964. The van der Waals surface area contributed by atoms with E-state index in [2.05, 4.69) is 30.8 Å². The zero-order chi connectivity index (χ0) is 41.1. The molecule has 0 spiro atoms. The van der Waals surface area contributed by atoms with Crippen molar-refractivity contribution in [1.29, 1.82) is 0 Å². The van der Waals surface area contributed by atoms with Gasteiger partial charge >= 0.3 is 11.9 Å². The Morgan fingerprint density at radius 3 is 1.86 bits per heavy atom. The molecule has 5 aromatic rings. The monoisotopic (exact) mass is 766 g/mol. The Bertz CT molecular complexity index is 2350. The van der Waals surface area contributed by atoms with Crippen LogP contribution >= 0.6 is 0 Å². The molecule has 16 heteroatoms. The highest BCUT2D eigenvalue weighted by molar-refractivity contribution is 6.09. The Morgan fingerprint density at radius 1 is 0.732 bits per heavy atom. The van der Waals surface area contributed by atoms with E-state index in [-0.39, 0.29) is 53.6 Å². The zero-order valence-corrected chi connectivity index (χ0v) is 32.7. The Balaban J connectivity index is 0.000000249. The first-order valence-corrected chi connectivity index (χ1v) is 18.1. The lowest BCUT2D eigenvalue weighted by molar-refractivity contribution is 0.0364. The first-order valence-electron chi connectivity index (χ1n) is 18.1. The van der Waals surface area contributed by atoms with Crippen molar-refractivity contribution in [2.75, 3.05) is 17.2 Å². The molecule has 5 rings (SSSR count). The molecule has 0 aliphatic rings. The number of ketones is 2. The number of esters is 2. The van der Waals surface area contributed by atoms with Crippen molar-refractivity contribution in [3.63, 3.8) is 0 Å². The normalized spacial score (nSPS) is 10.8. The van der Waals surface area contributed by atoms with Crippen LogP contribution in [0.1, 0.15) is 104 Å². The lowest BCUT2D eigenvalue weighted by Gasteiger charge is -2.16. The number of aryl methyl sites for hydroxylation is 2. The van der Waals surface area contributed by atoms with Gasteiger partial charge in [0.1, 0.15) is 11.4 Å². The van der Waals surface area contributed by atoms with Gasteiger partial charge in [0.15, 0.2) is 23.0 Å². The van der Waals surface area contributed by atoms with Crippen LogP contribution in [0.5, 0.6) is 0 Å². The molecule has 16 nitrogen and oxygen atoms in total. The van der Waals surface area contributed by atoms with Gasteiger partial charge in [-0.3, -0.25) is 29.1 Å². The molecule has 0 saturated carbocycles. The largest absolute Gasteiger partial charge is 0.461 e. The molecular formula is C40H46N8O8. The van der Waals surface area contributed by atoms with Gasteiger partial charge < -0.3 is 20.1 Å². The summed E-state index contributed by atoms with van der Waals surface area (Å²) in [7, 11) is 0. The molecule has 4 aromatic heterocycles. The summed E-state index contributed by atoms with van der Waals surface area (Å²) < 4.78 is 12.8. The van der Waals surface area contributed by atoms with Crippen LogP contribution < -0.4 is 21.8 Å². The Morgan fingerprint density at radius 2 is 1.32 bits per heavy atom. The summed E-state index contributed by atoms with van der Waals surface area (Å²) in [6.45, 7) is 14.1. The molecule has 0 saturated heterocycles. The van der Waals surface area contributed by atoms with Gasteiger partial charge in [0, 0.05) is 36.3 Å². The number of carbonyl (C=O) groups is 4. The molecule has 0 aliphatic carbocycles. The van der Waals surface area contributed by atoms with Gasteiger partial charge in [0.25, 0.3) is 11.1 Å². The molecule has 0 radical (unpaired) electrons. The molecule has 294 valence electrons. The molecule has 0 unspecified atom stereocenters. The number of rotatable bonds is 14. The smallest absolute Gasteiger partial charge is 0.359 e. The maximum atomic E-state index is 13.0. The molecule has 0 atom stereocenters. The van der Waals surface area contributed by atoms with E-state index < -0.39 is 40.7 Å². The van der Waals surface area contributed by atoms with E-state index in [0.29, 0.717) is 23.7 Å². The van der Waals surface area contributed by atoms with Crippen LogP contribution in [0.4, 0.5) is 22.7 Å². The number of carbonyl (C=O) groups excluding carboxylic acids is 4. The molecular weight excluding hydrogens is 720 g/mol. The molecule has 0 amide bonds. The lowest BCUT2D eigenvalue weighted by Crippen LogP contribution is -2.31. The van der Waals surface area contributed by atoms with Crippen LogP contribution in [-0.2, 0) is 22.6 Å². The molecule has 0 aliphatic heterocycles. The fraction of sp³-hybridized carbons (Fsp3) is 0.350. The minimum Gasteiger partial charge on any atom is -0.461 e. The number of nitrogens with zero attached hydrogens (tertiary/aromatic N) is 6. The highest BCUT2D eigenvalue weighted by Crippen LogP contribution is 2.27. The summed E-state index contributed by atoms with van der Waals surface area (Å²) in [6.07, 6.45) is 6.66. The van der Waals surface area contributed by atoms with Gasteiger partial charge in [-0.1, -0.05) is 38.1 Å². The van der Waals surface area contributed by atoms with Crippen LogP contribution in [0.15, 0.2) is 70.8 Å². The molecule has 1 aromatic carbocycles. The van der Waals surface area contributed by atoms with Gasteiger partial charge in [-0.2, -0.15) is 10.2 Å². The lowest BCUT2D eigenvalue weighted by atomic mass is 10.1. The molecule has 4 heterocycles. The highest BCUT2D eigenvalue weighted by Gasteiger charge is 2.28. The first kappa shape index (κ1) is 42.2. The van der Waals surface area contributed by atoms with Crippen molar-refractivity contribution < 1.29 is 28.7 Å². The number of hydrogen-bond acceptors (Lipinski definition) is 14. The van der Waals surface area contributed by atoms with Crippen molar-refractivity contribution in [1.82, 2.24) is 29.5 Å². The van der Waals surface area contributed by atoms with Crippen LogP contribution in [0.2, 0.25) is 0 Å². The second-order valence-electron chi connectivity index (χ2n) is 13.2. The number of pyridine rings is 2. The third-order valence-electron chi connectivity index (χ3n) is 8.13. The van der Waals surface area contributed by atoms with Gasteiger partial charge in [-0.25, -0.2) is 19.0 Å². The van der Waals surface area contributed by atoms with Crippen LogP contribution in [-0.4, -0.2) is 65.7 Å². The van der Waals surface area contributed by atoms with E-state index in [4.69, 9.17) is 9.47 Å². The fourth-order valence-electron chi connectivity index (χ4n) is 5.43. The van der Waals surface area contributed by atoms with E-state index >= 15 is 0 Å². The van der Waals surface area contributed by atoms with Gasteiger partial charge in [0.05, 0.1) is 47.6 Å². The van der Waals surface area contributed by atoms with Crippen LogP contribution in [0, 0.1) is 5.92 Å². The Kier molecular flexibility index (Phi) is 14.4. The van der Waals surface area contributed by atoms with E-state index in [0.717, 1.165) is 20.1 Å². The van der Waals surface area contributed by atoms with Crippen LogP contribution in [0.25, 0.3) is 10.8 Å². The maximum Gasteiger partial charge on any atom is 0.359 e. The fourth-order valence-corrected chi connectivity index (χ4v) is 5.43. The van der Waals surface area contributed by atoms with Gasteiger partial charge in [-0.15, -0.1) is 0 Å². The molecule has 0 fully saturated rings. The average Bonchev–Trinajstić information content (AvgIpc) is 3.16. The third kappa shape index (κ3) is 10.1. The summed E-state index contributed by atoms with van der Waals surface area (Å²) in [5.41, 5.74) is -0.517. The average molecular weight is 767 g/mol. The third-order valence-corrected chi connectivity index (χ3v) is 8.13. The highest BCUT2D eigenvalue weighted by atomic mass is 16.5. The standard InChI is InChI=1S/C21H22N4O4.C19H24N4O4/c1-5-25-20(27)18(17(13(4)26)19(24-25)21(28)29-12(2)3)23-16-11-22-10-14-8-6-7-9-15(14)16;1-5-23-18(25)16(21-14-7-6-9-20-11-14)15(13(4)24)17(22-23)19(26)27-10-8-12(2)3/h6-12,23H,5H2,1-4H3;6-7,9,11-12,21H,5,8,10H2,1-4H3. The number of nitrogens with one attached hydrogen (secondary N) is 2. The predicted octanol–water partition coefficient (Wildman–Crippen LogP) is 6.13. The van der Waals surface area contributed by atoms with E-state index in [1.54, 1.807) is 58.4 Å². The summed E-state index contributed by atoms with van der Waals surface area (Å²) >= 11 is 0. The van der Waals surface area contributed by atoms with Crippen molar-refractivity contribution >= 4 is 57.0 Å². The maximum absolute atomic E-state index is 13.0. The first-order chi connectivity index (χ1) is 26.7. The summed E-state index contributed by atoms with van der Waals surface area (Å²) in [5, 5.41) is 15.8. The van der Waals surface area contributed by atoms with E-state index in [9.17, 15) is 28.8 Å². The van der Waals surface area contributed by atoms with Gasteiger partial charge in [-0.05, 0) is 66.0 Å². The minimum absolute atomic E-state index is 0.0110. The van der Waals surface area contributed by atoms with Gasteiger partial charge in [0.2, 0.25) is 0 Å². The number of Topliss-reactive ketones (excluding diaryl/α,β-unsaturated/α-hetero) is 2. The topological polar surface area (TPSA) is 206 Å². The Labute approximate surface area is 323 Å². The van der Waals surface area contributed by atoms with E-state index in [1.807, 2.05) is 38.1 Å². The second-order valence-corrected chi connectivity index (χ2v) is 13.2. The summed E-state index contributed by atoms with van der Waals surface area (Å²) in [4.78, 5) is 83.7. The summed E-state index contributed by atoms with van der Waals surface area (Å²) in [5.74, 6) is -2.04. The number of anilines is 4. The van der Waals surface area contributed by atoms with E-state index in [1.165, 1.54) is 20.0 Å². The number of aromatic nitrogens is 6. The van der Waals surface area contributed by atoms with Crippen molar-refractivity contribution in [3.05, 3.63) is 104 Å². The number of fused-ring (bicyclic) bond motifs is 1. The Hall–Kier alpha value is -6.58. The molecule has 0 bridgehead atoms. The number of hydrogen-bond donors (Lipinski definition) is 2. The summed E-state index contributed by atoms with van der Waals surface area (Å²) in [6, 6.07) is 10.9. The number of benzene rings is 1. The number of ether oxygens (including phenoxy) is 2.